The van der Waals surface area contributed by atoms with Crippen molar-refractivity contribution < 1.29 is 27.9 Å². The zero-order valence-electron chi connectivity index (χ0n) is 17.6. The fourth-order valence-electron chi connectivity index (χ4n) is 3.67. The molecule has 1 atom stereocenters. The molecule has 0 spiro atoms. The molecule has 10 nitrogen and oxygen atoms in total. The van der Waals surface area contributed by atoms with Crippen LogP contribution < -0.4 is 20.9 Å². The second kappa shape index (κ2) is 9.07. The van der Waals surface area contributed by atoms with E-state index in [1.54, 1.807) is 6.07 Å². The van der Waals surface area contributed by atoms with Gasteiger partial charge in [-0.2, -0.15) is 0 Å². The molecular weight excluding hydrogens is 452 g/mol. The Balaban J connectivity index is 1.61. The van der Waals surface area contributed by atoms with E-state index in [-0.39, 0.29) is 47.3 Å². The van der Waals surface area contributed by atoms with Gasteiger partial charge in [-0.15, -0.1) is 0 Å². The second-order valence-electron chi connectivity index (χ2n) is 7.32. The average Bonchev–Trinajstić information content (AvgIpc) is 3.33. The fraction of sp³-hybridized carbons (Fsp3) is 0.182. The number of nitrogens with one attached hydrogen (secondary N) is 4. The predicted octanol–water partition coefficient (Wildman–Crippen LogP) is 0.975. The van der Waals surface area contributed by atoms with Gasteiger partial charge in [0.05, 0.1) is 24.7 Å². The summed E-state index contributed by atoms with van der Waals surface area (Å²) in [7, 11) is 1.28. The van der Waals surface area contributed by atoms with Crippen LogP contribution in [0.2, 0.25) is 0 Å². The van der Waals surface area contributed by atoms with Crippen molar-refractivity contribution >= 4 is 29.3 Å². The normalized spacial score (nSPS) is 13.1. The number of fused-ring (bicyclic) bond motifs is 2. The van der Waals surface area contributed by atoms with E-state index in [0.29, 0.717) is 5.56 Å². The average molecular weight is 469 g/mol. The van der Waals surface area contributed by atoms with Gasteiger partial charge in [0.15, 0.2) is 11.6 Å². The van der Waals surface area contributed by atoms with Crippen molar-refractivity contribution in [3.63, 3.8) is 0 Å². The quantitative estimate of drug-likeness (QED) is 0.326. The van der Waals surface area contributed by atoms with Crippen LogP contribution >= 0.6 is 0 Å². The summed E-state index contributed by atoms with van der Waals surface area (Å²) in [4.78, 5) is 48.2. The van der Waals surface area contributed by atoms with Crippen LogP contribution in [0.1, 0.15) is 21.5 Å². The Morgan fingerprint density at radius 2 is 2.09 bits per heavy atom. The van der Waals surface area contributed by atoms with Crippen molar-refractivity contribution in [3.05, 3.63) is 62.9 Å². The van der Waals surface area contributed by atoms with Gasteiger partial charge in [-0.25, -0.2) is 13.6 Å². The van der Waals surface area contributed by atoms with E-state index >= 15 is 0 Å². The van der Waals surface area contributed by atoms with Crippen molar-refractivity contribution in [2.75, 3.05) is 13.7 Å². The minimum absolute atomic E-state index is 0.0649. The first kappa shape index (κ1) is 22.5. The number of amides is 4. The lowest BCUT2D eigenvalue weighted by Crippen LogP contribution is -2.46. The highest BCUT2D eigenvalue weighted by Crippen LogP contribution is 2.30. The number of urea groups is 1. The molecule has 4 amide bonds. The molecule has 0 fully saturated rings. The van der Waals surface area contributed by atoms with Crippen LogP contribution in [0.3, 0.4) is 0 Å². The Labute approximate surface area is 190 Å². The number of hydrogen-bond donors (Lipinski definition) is 4. The Morgan fingerprint density at radius 1 is 1.29 bits per heavy atom. The topological polar surface area (TPSA) is 136 Å². The van der Waals surface area contributed by atoms with Gasteiger partial charge in [0, 0.05) is 12.1 Å². The van der Waals surface area contributed by atoms with Crippen LogP contribution in [0.15, 0.2) is 29.1 Å². The summed E-state index contributed by atoms with van der Waals surface area (Å²) in [6, 6.07) is 3.59. The van der Waals surface area contributed by atoms with Gasteiger partial charge in [-0.05, 0) is 23.8 Å². The molecule has 0 radical (unpaired) electrons. The number of aromatic nitrogens is 2. The standard InChI is InChI=1S/C22H17F2N5O5/c1-34-16-5-3-12-8-29(21(32)17(12)19(16)24)9-13(26-22(33)25-10-30)4-2-11-6-14(23)18-15(7-11)27-28-20(18)31/h3,5-7,10,13H,8-9H2,1H3,(H2,27,28,31)(H2,25,26,30,33)/t13-/m1/s1. The zero-order valence-corrected chi connectivity index (χ0v) is 17.6. The fourth-order valence-corrected chi connectivity index (χ4v) is 3.67. The number of methoxy groups -OCH3 is 1. The number of H-pyrrole nitrogens is 2. The Hall–Kier alpha value is -4.66. The van der Waals surface area contributed by atoms with Gasteiger partial charge >= 0.3 is 6.03 Å². The maximum absolute atomic E-state index is 14.6. The highest BCUT2D eigenvalue weighted by atomic mass is 19.1. The van der Waals surface area contributed by atoms with Crippen LogP contribution in [-0.4, -0.2) is 53.1 Å². The zero-order chi connectivity index (χ0) is 24.4. The second-order valence-corrected chi connectivity index (χ2v) is 7.32. The lowest BCUT2D eigenvalue weighted by atomic mass is 10.1. The van der Waals surface area contributed by atoms with E-state index < -0.39 is 35.2 Å². The van der Waals surface area contributed by atoms with Crippen molar-refractivity contribution in [3.8, 4) is 17.6 Å². The van der Waals surface area contributed by atoms with Crippen LogP contribution in [-0.2, 0) is 11.3 Å². The summed E-state index contributed by atoms with van der Waals surface area (Å²) in [6.07, 6.45) is 0.171. The van der Waals surface area contributed by atoms with Gasteiger partial charge in [-0.1, -0.05) is 17.9 Å². The lowest BCUT2D eigenvalue weighted by molar-refractivity contribution is -0.108. The van der Waals surface area contributed by atoms with Crippen molar-refractivity contribution in [2.45, 2.75) is 12.6 Å². The highest BCUT2D eigenvalue weighted by molar-refractivity contribution is 5.99. The van der Waals surface area contributed by atoms with Crippen LogP contribution in [0.25, 0.3) is 10.9 Å². The molecule has 0 unspecified atom stereocenters. The number of ether oxygens (including phenoxy) is 1. The summed E-state index contributed by atoms with van der Waals surface area (Å²) >= 11 is 0. The van der Waals surface area contributed by atoms with Gasteiger partial charge in [0.25, 0.3) is 11.5 Å². The van der Waals surface area contributed by atoms with Gasteiger partial charge < -0.3 is 15.0 Å². The third-order valence-corrected chi connectivity index (χ3v) is 5.19. The third-order valence-electron chi connectivity index (χ3n) is 5.19. The van der Waals surface area contributed by atoms with Gasteiger partial charge in [0.1, 0.15) is 17.2 Å². The molecule has 3 aromatic rings. The molecule has 174 valence electrons. The van der Waals surface area contributed by atoms with E-state index in [2.05, 4.69) is 27.4 Å². The molecule has 2 heterocycles. The molecule has 1 aliphatic heterocycles. The van der Waals surface area contributed by atoms with Crippen molar-refractivity contribution in [1.29, 1.82) is 0 Å². The van der Waals surface area contributed by atoms with Gasteiger partial charge in [-0.3, -0.25) is 29.9 Å². The number of benzene rings is 2. The molecule has 34 heavy (non-hydrogen) atoms. The van der Waals surface area contributed by atoms with Crippen LogP contribution in [0.4, 0.5) is 13.6 Å². The van der Waals surface area contributed by atoms with E-state index in [0.717, 1.165) is 6.07 Å². The monoisotopic (exact) mass is 469 g/mol. The van der Waals surface area contributed by atoms with Crippen molar-refractivity contribution in [2.24, 2.45) is 0 Å². The maximum atomic E-state index is 14.6. The molecule has 12 heteroatoms. The summed E-state index contributed by atoms with van der Waals surface area (Å²) in [5.74, 6) is 3.13. The summed E-state index contributed by atoms with van der Waals surface area (Å²) in [5.41, 5.74) is 0.0819. The predicted molar refractivity (Wildman–Crippen MR) is 115 cm³/mol. The van der Waals surface area contributed by atoms with E-state index in [9.17, 15) is 28.0 Å². The number of aromatic amines is 2. The molecule has 1 aliphatic rings. The summed E-state index contributed by atoms with van der Waals surface area (Å²) in [5, 5.41) is 8.99. The minimum atomic E-state index is -1.01. The largest absolute Gasteiger partial charge is 0.494 e. The number of halogens is 2. The van der Waals surface area contributed by atoms with E-state index in [4.69, 9.17) is 4.74 Å². The number of hydrogen-bond acceptors (Lipinski definition) is 5. The molecule has 1 aromatic heterocycles. The number of rotatable bonds is 5. The number of nitrogens with zero attached hydrogens (tertiary/aromatic N) is 1. The third kappa shape index (κ3) is 4.18. The minimum Gasteiger partial charge on any atom is -0.494 e. The Kier molecular flexibility index (Phi) is 6.01. The SMILES string of the molecule is COc1ccc2c(c1F)C(=O)N(C[C@@H](C#Cc1cc(F)c3c(=O)[nH][nH]c3c1)NC(=O)NC=O)C2. The van der Waals surface area contributed by atoms with E-state index in [1.807, 2.05) is 5.32 Å². The first-order valence-corrected chi connectivity index (χ1v) is 9.89. The van der Waals surface area contributed by atoms with Crippen LogP contribution in [0, 0.1) is 23.5 Å². The number of imide groups is 1. The number of carbonyl (C=O) groups excluding carboxylic acids is 3. The molecular formula is C22H17F2N5O5. The Morgan fingerprint density at radius 3 is 2.82 bits per heavy atom. The summed E-state index contributed by atoms with van der Waals surface area (Å²) < 4.78 is 33.8. The Bertz CT molecular complexity index is 1440. The molecule has 0 bridgehead atoms. The maximum Gasteiger partial charge on any atom is 0.322 e. The molecule has 4 N–H and O–H groups in total. The highest BCUT2D eigenvalue weighted by Gasteiger charge is 2.33. The molecule has 0 saturated heterocycles. The lowest BCUT2D eigenvalue weighted by Gasteiger charge is -2.21. The molecule has 0 aliphatic carbocycles. The van der Waals surface area contributed by atoms with Gasteiger partial charge in [0.2, 0.25) is 6.41 Å². The van der Waals surface area contributed by atoms with Crippen LogP contribution in [0.5, 0.6) is 5.75 Å². The van der Waals surface area contributed by atoms with E-state index in [1.165, 1.54) is 24.1 Å². The molecule has 0 saturated carbocycles. The first-order chi connectivity index (χ1) is 16.3. The first-order valence-electron chi connectivity index (χ1n) is 9.89. The van der Waals surface area contributed by atoms with Crippen molar-refractivity contribution in [1.82, 2.24) is 25.7 Å². The molecule has 2 aromatic carbocycles. The molecule has 4 rings (SSSR count). The smallest absolute Gasteiger partial charge is 0.322 e. The number of carbonyl (C=O) groups is 3. The summed E-state index contributed by atoms with van der Waals surface area (Å²) in [6.45, 7) is -0.0876.